The second-order valence-corrected chi connectivity index (χ2v) is 11.0. The van der Waals surface area contributed by atoms with Crippen molar-refractivity contribution in [1.82, 2.24) is 0 Å². The molecule has 61 radical (unpaired) electrons. The van der Waals surface area contributed by atoms with Gasteiger partial charge in [0.25, 0.3) is 0 Å². The molecule has 0 aliphatic carbocycles. The Morgan fingerprint density at radius 1 is 0.0847 bits per heavy atom. The van der Waals surface area contributed by atoms with E-state index in [-0.39, 0.29) is 0 Å². The summed E-state index contributed by atoms with van der Waals surface area (Å²) in [6.45, 7) is 0. The minimum absolute atomic E-state index is 1.50. The molecule has 0 N–H and O–H groups in total. The molecule has 0 spiro atoms. The van der Waals surface area contributed by atoms with Gasteiger partial charge in [-0.3, -0.25) is 0 Å². The van der Waals surface area contributed by atoms with Crippen LogP contribution in [0.5, 0.6) is 0 Å². The molecule has 177 valence electrons. The molecular weight excluding hydrogens is 638 g/mol. The molecule has 59 heavy (non-hydrogen) atoms. The van der Waals surface area contributed by atoms with Crippen LogP contribution in [0.15, 0.2) is 0 Å². The zero-order valence-electron chi connectivity index (χ0n) is 34.1. The van der Waals surface area contributed by atoms with Gasteiger partial charge in [-0.25, -0.2) is 0 Å². The minimum Gasteiger partial charge on any atom is 0 e. The standard InChI is InChI=1S/B59/c1-3-5-7-9-11-13-15-17-19-21-23-25-27-29-31-33-35-37-39-41-43-45-47-49-51-53-55-57-59-58-56-54-52-50-48-46-44-42-40-38-36-34-32-30-28-26-24-22-20-18-16-14-12-10-8-6-4-2. The van der Waals surface area contributed by atoms with Crippen LogP contribution in [0.4, 0.5) is 0 Å². The Morgan fingerprint density at radius 2 is 0.136 bits per heavy atom. The average molecular weight is 638 g/mol. The van der Waals surface area contributed by atoms with Gasteiger partial charge in [-0.05, 0) is 0 Å². The molecule has 59 heteroatoms. The number of rotatable bonds is 56. The molecule has 0 aliphatic heterocycles. The summed E-state index contributed by atoms with van der Waals surface area (Å²) in [5, 5.41) is 0. The van der Waals surface area contributed by atoms with Crippen molar-refractivity contribution in [3.05, 3.63) is 0 Å². The lowest BCUT2D eigenvalue weighted by molar-refractivity contribution is 3.76. The molecule has 0 atom stereocenters. The summed E-state index contributed by atoms with van der Waals surface area (Å²) in [4.78, 5) is 0. The molecule has 0 fully saturated rings. The highest BCUT2D eigenvalue weighted by Gasteiger charge is 2.05. The van der Waals surface area contributed by atoms with Gasteiger partial charge in [0.15, 0.2) is 0 Å². The normalized spacial score (nSPS) is 7.80. The van der Waals surface area contributed by atoms with E-state index < -0.39 is 0 Å². The molecule has 0 aromatic carbocycles. The smallest absolute Gasteiger partial charge is 0 e. The lowest BCUT2D eigenvalue weighted by Crippen LogP contribution is -2.38. The van der Waals surface area contributed by atoms with Crippen molar-refractivity contribution < 1.29 is 0 Å². The Kier molecular flexibility index (Phi) is 65.8. The van der Waals surface area contributed by atoms with Gasteiger partial charge in [-0.1, -0.05) is 0 Å². The van der Waals surface area contributed by atoms with E-state index in [2.05, 4.69) is 0 Å². The molecule has 0 aromatic heterocycles. The van der Waals surface area contributed by atoms with Crippen molar-refractivity contribution in [2.24, 2.45) is 0 Å². The third-order valence-corrected chi connectivity index (χ3v) is 6.22. The molecule has 0 aromatic rings. The summed E-state index contributed by atoms with van der Waals surface area (Å²) < 4.78 is 0. The monoisotopic (exact) mass is 650 g/mol. The molecule has 0 nitrogen and oxygen atoms in total. The first kappa shape index (κ1) is 62.8. The van der Waals surface area contributed by atoms with Crippen LogP contribution >= 0.6 is 0 Å². The van der Waals surface area contributed by atoms with Crippen LogP contribution in [0.3, 0.4) is 0 Å². The van der Waals surface area contributed by atoms with E-state index in [1.165, 1.54) is 14.1 Å². The fourth-order valence-electron chi connectivity index (χ4n) is 3.53. The highest BCUT2D eigenvalue weighted by molar-refractivity contribution is 7.80. The first-order valence-corrected chi connectivity index (χ1v) is 19.3. The quantitative estimate of drug-likeness (QED) is 0.0460. The van der Waals surface area contributed by atoms with Crippen LogP contribution in [-0.4, -0.2) is 418 Å². The third kappa shape index (κ3) is 61.8. The largest absolute Gasteiger partial charge is 0 e. The van der Waals surface area contributed by atoms with Crippen molar-refractivity contribution in [3.63, 3.8) is 0 Å². The fourth-order valence-corrected chi connectivity index (χ4v) is 3.53. The SMILES string of the molecule is [B][B][B][B][B][B][B][B][B][B][B][B][B][B][B][B][B][B][B][B][B][B][B][B][B][B][B][B][B][B][B][B][B][B][B][B][B][B][B][B][B][B][B][B][B][B][B][B][B][B][B][B][B][B][B][B][B][B][B]. The van der Waals surface area contributed by atoms with Gasteiger partial charge in [0, 0.05) is 418 Å². The highest BCUT2D eigenvalue weighted by Crippen LogP contribution is 1.67. The van der Waals surface area contributed by atoms with Crippen LogP contribution in [0.25, 0.3) is 0 Å². The van der Waals surface area contributed by atoms with Crippen LogP contribution in [-0.2, 0) is 0 Å². The van der Waals surface area contributed by atoms with Crippen molar-refractivity contribution in [2.45, 2.75) is 0 Å². The van der Waals surface area contributed by atoms with E-state index in [0.717, 1.165) is 0 Å². The van der Waals surface area contributed by atoms with Gasteiger partial charge in [-0.2, -0.15) is 0 Å². The Bertz CT molecular complexity index is 609. The van der Waals surface area contributed by atoms with Gasteiger partial charge < -0.3 is 0 Å². The van der Waals surface area contributed by atoms with E-state index in [1.54, 1.807) is 14.1 Å². The highest BCUT2D eigenvalue weighted by atomic mass is 12.9. The fraction of sp³-hybridized carbons (Fsp3) is 0. The maximum Gasteiger partial charge on any atom is 0 e. The van der Waals surface area contributed by atoms with Gasteiger partial charge >= 0.3 is 0 Å². The Labute approximate surface area is 414 Å². The summed E-state index contributed by atoms with van der Waals surface area (Å²) in [6, 6.07) is 0. The number of hydrogen-bond donors (Lipinski definition) is 0. The first-order valence-electron chi connectivity index (χ1n) is 19.3. The van der Waals surface area contributed by atoms with Crippen LogP contribution in [0.1, 0.15) is 0 Å². The molecule has 0 unspecified atom stereocenters. The lowest BCUT2D eigenvalue weighted by Gasteiger charge is -2.00. The van der Waals surface area contributed by atoms with Gasteiger partial charge in [0.2, 0.25) is 0 Å². The molecule has 0 heterocycles. The summed E-state index contributed by atoms with van der Waals surface area (Å²) in [6.07, 6.45) is 0. The molecular formula is B59. The molecule has 0 rings (SSSR count). The summed E-state index contributed by atoms with van der Waals surface area (Å²) in [7, 11) is 122. The zero-order chi connectivity index (χ0) is 42.3. The Morgan fingerprint density at radius 3 is 0.186 bits per heavy atom. The van der Waals surface area contributed by atoms with E-state index >= 15 is 0 Å². The van der Waals surface area contributed by atoms with Crippen molar-refractivity contribution >= 4 is 418 Å². The maximum absolute atomic E-state index is 5.26. The molecule has 0 amide bonds. The predicted octanol–water partition coefficient (Wildman–Crippen LogP) is -22.5. The van der Waals surface area contributed by atoms with Crippen LogP contribution in [0.2, 0.25) is 0 Å². The van der Waals surface area contributed by atoms with Crippen LogP contribution < -0.4 is 0 Å². The Balaban J connectivity index is 3.06. The van der Waals surface area contributed by atoms with E-state index in [9.17, 15) is 0 Å². The topological polar surface area (TPSA) is 0 Å². The zero-order valence-corrected chi connectivity index (χ0v) is 34.1. The van der Waals surface area contributed by atoms with E-state index in [0.29, 0.717) is 0 Å². The average Bonchev–Trinajstić information content (AvgIpc) is 3.25. The van der Waals surface area contributed by atoms with Crippen molar-refractivity contribution in [2.75, 3.05) is 0 Å². The molecule has 0 aliphatic rings. The second kappa shape index (κ2) is 61.8. The van der Waals surface area contributed by atoms with Crippen molar-refractivity contribution in [3.8, 4) is 0 Å². The lowest BCUT2D eigenvalue weighted by atomic mass is 8.82. The summed E-state index contributed by atoms with van der Waals surface area (Å²) >= 11 is 0. The Hall–Kier alpha value is 3.83. The predicted molar refractivity (Wildman–Crippen MR) is 339 cm³/mol. The van der Waals surface area contributed by atoms with Gasteiger partial charge in [0.05, 0.1) is 0 Å². The van der Waals surface area contributed by atoms with Crippen molar-refractivity contribution in [1.29, 1.82) is 0 Å². The summed E-state index contributed by atoms with van der Waals surface area (Å²) in [5.41, 5.74) is 0. The third-order valence-electron chi connectivity index (χ3n) is 6.22. The molecule has 0 bridgehead atoms. The van der Waals surface area contributed by atoms with Gasteiger partial charge in [0.1, 0.15) is 0 Å². The number of hydrogen-bond acceptors (Lipinski definition) is 0. The van der Waals surface area contributed by atoms with Gasteiger partial charge in [-0.15, -0.1) is 0 Å². The van der Waals surface area contributed by atoms with E-state index in [4.69, 9.17) is 15.5 Å². The molecule has 0 saturated heterocycles. The minimum atomic E-state index is 1.50. The second-order valence-electron chi connectivity index (χ2n) is 11.0. The molecule has 0 saturated carbocycles. The van der Waals surface area contributed by atoms with Crippen LogP contribution in [0, 0.1) is 0 Å². The summed E-state index contributed by atoms with van der Waals surface area (Å²) in [5.74, 6) is 0. The van der Waals surface area contributed by atoms with E-state index in [1.807, 2.05) is 374 Å². The first-order chi connectivity index (χ1) is 29.4. The maximum atomic E-state index is 5.26.